The Morgan fingerprint density at radius 1 is 1.25 bits per heavy atom. The van der Waals surface area contributed by atoms with E-state index >= 15 is 0 Å². The van der Waals surface area contributed by atoms with Gasteiger partial charge in [0.1, 0.15) is 0 Å². The van der Waals surface area contributed by atoms with Gasteiger partial charge in [0.15, 0.2) is 11.5 Å². The number of rotatable bonds is 5. The van der Waals surface area contributed by atoms with Crippen molar-refractivity contribution in [1.82, 2.24) is 19.8 Å². The fraction of sp³-hybridized carbons (Fsp3) is 0.250. The summed E-state index contributed by atoms with van der Waals surface area (Å²) in [6.45, 7) is 2.21. The second kappa shape index (κ2) is 6.63. The molecule has 3 rings (SSSR count). The second-order valence-electron chi connectivity index (χ2n) is 5.01. The number of fused-ring (bicyclic) bond motifs is 1. The molecule has 0 radical (unpaired) electrons. The van der Waals surface area contributed by atoms with Gasteiger partial charge in [-0.15, -0.1) is 10.2 Å². The zero-order chi connectivity index (χ0) is 17.1. The Bertz CT molecular complexity index is 876. The molecule has 2 N–H and O–H groups in total. The van der Waals surface area contributed by atoms with E-state index in [0.717, 1.165) is 11.1 Å². The highest BCUT2D eigenvalue weighted by Gasteiger charge is 2.22. The zero-order valence-corrected chi connectivity index (χ0v) is 13.4. The van der Waals surface area contributed by atoms with Crippen molar-refractivity contribution in [2.75, 3.05) is 19.5 Å². The number of anilines is 1. The van der Waals surface area contributed by atoms with Crippen molar-refractivity contribution in [1.29, 1.82) is 0 Å². The number of aromatic nitrogens is 4. The number of nitrogen functional groups attached to an aromatic ring is 1. The average molecular weight is 327 g/mol. The largest absolute Gasteiger partial charge is 0.461 e. The first kappa shape index (κ1) is 15.9. The highest BCUT2D eigenvalue weighted by molar-refractivity contribution is 5.93. The average Bonchev–Trinajstić information content (AvgIpc) is 2.95. The third-order valence-corrected chi connectivity index (χ3v) is 3.46. The smallest absolute Gasteiger partial charge is 0.362 e. The minimum atomic E-state index is -0.630. The number of hydrogen-bond donors (Lipinski definition) is 1. The standard InChI is InChI=1S/C16H17N5O3/c1-3-24-16(22)13-14(17)21-15(19-18-13)12(11(20-21)9-23-2)10-7-5-4-6-8-10/h4-8H,3,9,17H2,1-2H3. The van der Waals surface area contributed by atoms with Gasteiger partial charge in [0.05, 0.1) is 24.5 Å². The van der Waals surface area contributed by atoms with E-state index in [9.17, 15) is 4.79 Å². The molecule has 2 heterocycles. The highest BCUT2D eigenvalue weighted by atomic mass is 16.5. The Kier molecular flexibility index (Phi) is 4.39. The molecule has 3 aromatic rings. The van der Waals surface area contributed by atoms with E-state index in [1.165, 1.54) is 4.52 Å². The molecular weight excluding hydrogens is 310 g/mol. The van der Waals surface area contributed by atoms with Crippen molar-refractivity contribution in [3.05, 3.63) is 41.7 Å². The lowest BCUT2D eigenvalue weighted by atomic mass is 10.1. The number of methoxy groups -OCH3 is 1. The van der Waals surface area contributed by atoms with Crippen LogP contribution in [0.15, 0.2) is 30.3 Å². The van der Waals surface area contributed by atoms with Crippen molar-refractivity contribution in [3.8, 4) is 11.1 Å². The summed E-state index contributed by atoms with van der Waals surface area (Å²) in [6, 6.07) is 9.63. The summed E-state index contributed by atoms with van der Waals surface area (Å²) in [6.07, 6.45) is 0. The van der Waals surface area contributed by atoms with Crippen LogP contribution in [0, 0.1) is 0 Å². The first-order valence-electron chi connectivity index (χ1n) is 7.42. The van der Waals surface area contributed by atoms with Crippen molar-refractivity contribution in [2.24, 2.45) is 0 Å². The van der Waals surface area contributed by atoms with Crippen molar-refractivity contribution in [2.45, 2.75) is 13.5 Å². The number of nitrogens with zero attached hydrogens (tertiary/aromatic N) is 4. The van der Waals surface area contributed by atoms with Crippen molar-refractivity contribution < 1.29 is 14.3 Å². The van der Waals surface area contributed by atoms with Crippen LogP contribution >= 0.6 is 0 Å². The third-order valence-electron chi connectivity index (χ3n) is 3.46. The topological polar surface area (TPSA) is 105 Å². The molecule has 2 aromatic heterocycles. The van der Waals surface area contributed by atoms with Gasteiger partial charge >= 0.3 is 5.97 Å². The Labute approximate surface area is 138 Å². The summed E-state index contributed by atoms with van der Waals surface area (Å²) >= 11 is 0. The summed E-state index contributed by atoms with van der Waals surface area (Å²) in [5.74, 6) is -0.549. The van der Waals surface area contributed by atoms with E-state index in [2.05, 4.69) is 15.3 Å². The van der Waals surface area contributed by atoms with Crippen LogP contribution in [0.4, 0.5) is 5.82 Å². The van der Waals surface area contributed by atoms with Gasteiger partial charge in [0.2, 0.25) is 5.69 Å². The molecule has 0 fully saturated rings. The number of nitrogens with two attached hydrogens (primary N) is 1. The Hall–Kier alpha value is -3.00. The second-order valence-corrected chi connectivity index (χ2v) is 5.01. The van der Waals surface area contributed by atoms with E-state index < -0.39 is 5.97 Å². The van der Waals surface area contributed by atoms with Crippen LogP contribution in [0.25, 0.3) is 16.8 Å². The van der Waals surface area contributed by atoms with Crippen LogP contribution in [-0.2, 0) is 16.1 Å². The van der Waals surface area contributed by atoms with Gasteiger partial charge in [-0.3, -0.25) is 0 Å². The van der Waals surface area contributed by atoms with Gasteiger partial charge in [-0.25, -0.2) is 4.79 Å². The number of carbonyl (C=O) groups excluding carboxylic acids is 1. The highest BCUT2D eigenvalue weighted by Crippen LogP contribution is 2.29. The molecule has 1 aromatic carbocycles. The Morgan fingerprint density at radius 2 is 2.00 bits per heavy atom. The van der Waals surface area contributed by atoms with Gasteiger partial charge < -0.3 is 15.2 Å². The summed E-state index contributed by atoms with van der Waals surface area (Å²) in [7, 11) is 1.58. The van der Waals surface area contributed by atoms with Gasteiger partial charge in [-0.2, -0.15) is 9.61 Å². The van der Waals surface area contributed by atoms with E-state index in [0.29, 0.717) is 11.3 Å². The van der Waals surface area contributed by atoms with E-state index in [1.807, 2.05) is 30.3 Å². The molecule has 0 amide bonds. The first-order chi connectivity index (χ1) is 11.7. The van der Waals surface area contributed by atoms with Crippen molar-refractivity contribution in [3.63, 3.8) is 0 Å². The summed E-state index contributed by atoms with van der Waals surface area (Å²) in [5, 5.41) is 12.5. The molecule has 0 saturated heterocycles. The van der Waals surface area contributed by atoms with Gasteiger partial charge in [0.25, 0.3) is 0 Å². The van der Waals surface area contributed by atoms with Gasteiger partial charge in [-0.1, -0.05) is 30.3 Å². The number of ether oxygens (including phenoxy) is 2. The SMILES string of the molecule is CCOC(=O)c1nnc2c(-c3ccccc3)c(COC)nn2c1N. The molecule has 124 valence electrons. The number of benzene rings is 1. The fourth-order valence-corrected chi connectivity index (χ4v) is 2.45. The minimum absolute atomic E-state index is 0.0598. The molecule has 0 aliphatic carbocycles. The Morgan fingerprint density at radius 3 is 2.67 bits per heavy atom. The maximum absolute atomic E-state index is 11.9. The van der Waals surface area contributed by atoms with E-state index in [-0.39, 0.29) is 24.7 Å². The predicted octanol–water partition coefficient (Wildman–Crippen LogP) is 1.70. The maximum atomic E-state index is 11.9. The van der Waals surface area contributed by atoms with Crippen LogP contribution in [-0.4, -0.2) is 39.5 Å². The molecule has 0 saturated carbocycles. The number of hydrogen-bond acceptors (Lipinski definition) is 7. The predicted molar refractivity (Wildman–Crippen MR) is 87.3 cm³/mol. The summed E-state index contributed by atoms with van der Waals surface area (Å²) in [5.41, 5.74) is 8.80. The molecule has 8 heteroatoms. The van der Waals surface area contributed by atoms with E-state index in [1.54, 1.807) is 14.0 Å². The minimum Gasteiger partial charge on any atom is -0.461 e. The van der Waals surface area contributed by atoms with Crippen LogP contribution < -0.4 is 5.73 Å². The molecule has 0 unspecified atom stereocenters. The first-order valence-corrected chi connectivity index (χ1v) is 7.42. The normalized spacial score (nSPS) is 10.9. The molecule has 24 heavy (non-hydrogen) atoms. The molecule has 0 aliphatic heterocycles. The monoisotopic (exact) mass is 327 g/mol. The van der Waals surface area contributed by atoms with E-state index in [4.69, 9.17) is 15.2 Å². The van der Waals surface area contributed by atoms with Crippen molar-refractivity contribution >= 4 is 17.4 Å². The lowest BCUT2D eigenvalue weighted by Gasteiger charge is -2.05. The molecule has 0 atom stereocenters. The Balaban J connectivity index is 2.23. The lowest BCUT2D eigenvalue weighted by Crippen LogP contribution is -2.15. The molecule has 0 aliphatic rings. The van der Waals surface area contributed by atoms with Crippen LogP contribution in [0.5, 0.6) is 0 Å². The fourth-order valence-electron chi connectivity index (χ4n) is 2.45. The third kappa shape index (κ3) is 2.67. The van der Waals surface area contributed by atoms with Gasteiger partial charge in [0, 0.05) is 7.11 Å². The zero-order valence-electron chi connectivity index (χ0n) is 13.4. The summed E-state index contributed by atoms with van der Waals surface area (Å²) in [4.78, 5) is 11.9. The van der Waals surface area contributed by atoms with Crippen LogP contribution in [0.3, 0.4) is 0 Å². The van der Waals surface area contributed by atoms with Crippen LogP contribution in [0.2, 0.25) is 0 Å². The molecular formula is C16H17N5O3. The molecule has 0 spiro atoms. The number of esters is 1. The molecule has 8 nitrogen and oxygen atoms in total. The lowest BCUT2D eigenvalue weighted by molar-refractivity contribution is 0.0519. The summed E-state index contributed by atoms with van der Waals surface area (Å²) < 4.78 is 11.6. The maximum Gasteiger partial charge on any atom is 0.362 e. The number of carbonyl (C=O) groups is 1. The van der Waals surface area contributed by atoms with Gasteiger partial charge in [-0.05, 0) is 12.5 Å². The quantitative estimate of drug-likeness (QED) is 0.711. The van der Waals surface area contributed by atoms with Crippen LogP contribution in [0.1, 0.15) is 23.1 Å². The molecule has 0 bridgehead atoms.